The lowest BCUT2D eigenvalue weighted by atomic mass is 10.1. The van der Waals surface area contributed by atoms with Gasteiger partial charge in [0.15, 0.2) is 0 Å². The average Bonchev–Trinajstić information content (AvgIpc) is 3.38. The lowest BCUT2D eigenvalue weighted by Gasteiger charge is -2.18. The number of halogens is 1. The molecule has 7 nitrogen and oxygen atoms in total. The van der Waals surface area contributed by atoms with E-state index < -0.39 is 11.8 Å². The van der Waals surface area contributed by atoms with Gasteiger partial charge in [0.25, 0.3) is 17.7 Å². The normalized spacial score (nSPS) is 18.5. The number of benzene rings is 2. The predicted octanol–water partition coefficient (Wildman–Crippen LogP) is 3.65. The molecule has 1 saturated heterocycles. The third kappa shape index (κ3) is 4.26. The molecule has 0 bridgehead atoms. The molecule has 1 unspecified atom stereocenters. The Kier molecular flexibility index (Phi) is 6.30. The molecule has 1 fully saturated rings. The molecule has 32 heavy (non-hydrogen) atoms. The first-order valence-corrected chi connectivity index (χ1v) is 10.9. The van der Waals surface area contributed by atoms with Crippen molar-refractivity contribution in [2.45, 2.75) is 32.8 Å². The molecule has 0 radical (unpaired) electrons. The highest BCUT2D eigenvalue weighted by molar-refractivity contribution is 6.53. The van der Waals surface area contributed by atoms with Crippen LogP contribution in [0.1, 0.15) is 34.3 Å². The van der Waals surface area contributed by atoms with Crippen molar-refractivity contribution >= 4 is 40.7 Å². The quantitative estimate of drug-likeness (QED) is 0.652. The van der Waals surface area contributed by atoms with E-state index in [-0.39, 0.29) is 22.7 Å². The maximum Gasteiger partial charge on any atom is 0.283 e. The van der Waals surface area contributed by atoms with Gasteiger partial charge in [0.1, 0.15) is 10.7 Å². The maximum absolute atomic E-state index is 13.0. The molecule has 3 amide bonds. The zero-order valence-corrected chi connectivity index (χ0v) is 18.7. The van der Waals surface area contributed by atoms with Gasteiger partial charge in [-0.25, -0.2) is 4.90 Å². The minimum Gasteiger partial charge on any atom is -0.376 e. The van der Waals surface area contributed by atoms with Crippen molar-refractivity contribution in [1.29, 1.82) is 0 Å². The zero-order valence-electron chi connectivity index (χ0n) is 17.9. The van der Waals surface area contributed by atoms with Crippen LogP contribution in [0.25, 0.3) is 0 Å². The molecule has 0 aromatic heterocycles. The van der Waals surface area contributed by atoms with Gasteiger partial charge in [-0.3, -0.25) is 14.4 Å². The van der Waals surface area contributed by atoms with Crippen LogP contribution in [0.2, 0.25) is 0 Å². The molecule has 2 aromatic rings. The highest BCUT2D eigenvalue weighted by Crippen LogP contribution is 2.32. The van der Waals surface area contributed by atoms with E-state index in [2.05, 4.69) is 10.6 Å². The third-order valence-electron chi connectivity index (χ3n) is 5.77. The SMILES string of the molecule is Cc1cccc(N2C(=O)C(Cl)=C(Nc3ccc(C(=O)NCC4CCCO4)cc3)C2=O)c1C. The molecule has 2 aliphatic rings. The fourth-order valence-electron chi connectivity index (χ4n) is 3.77. The molecule has 2 aromatic carbocycles. The number of amides is 3. The molecule has 4 rings (SSSR count). The molecular weight excluding hydrogens is 430 g/mol. The molecule has 0 saturated carbocycles. The van der Waals surface area contributed by atoms with Crippen LogP contribution in [0.4, 0.5) is 11.4 Å². The smallest absolute Gasteiger partial charge is 0.283 e. The first-order valence-electron chi connectivity index (χ1n) is 10.5. The number of rotatable bonds is 6. The Balaban J connectivity index is 1.45. The van der Waals surface area contributed by atoms with Crippen LogP contribution in [-0.2, 0) is 14.3 Å². The Hall–Kier alpha value is -3.16. The summed E-state index contributed by atoms with van der Waals surface area (Å²) in [7, 11) is 0. The summed E-state index contributed by atoms with van der Waals surface area (Å²) in [6.45, 7) is 4.98. The third-order valence-corrected chi connectivity index (χ3v) is 6.13. The van der Waals surface area contributed by atoms with Crippen molar-refractivity contribution in [3.05, 3.63) is 69.9 Å². The van der Waals surface area contributed by atoms with Gasteiger partial charge >= 0.3 is 0 Å². The number of carbonyl (C=O) groups is 3. The second-order valence-electron chi connectivity index (χ2n) is 7.90. The van der Waals surface area contributed by atoms with Gasteiger partial charge in [0.05, 0.1) is 11.8 Å². The van der Waals surface area contributed by atoms with Crippen molar-refractivity contribution in [1.82, 2.24) is 5.32 Å². The fourth-order valence-corrected chi connectivity index (χ4v) is 3.98. The summed E-state index contributed by atoms with van der Waals surface area (Å²) in [5.41, 5.74) is 3.34. The van der Waals surface area contributed by atoms with E-state index in [1.165, 1.54) is 0 Å². The fraction of sp³-hybridized carbons (Fsp3) is 0.292. The molecule has 8 heteroatoms. The molecule has 2 N–H and O–H groups in total. The van der Waals surface area contributed by atoms with Crippen LogP contribution in [0.3, 0.4) is 0 Å². The van der Waals surface area contributed by atoms with E-state index in [9.17, 15) is 14.4 Å². The molecular formula is C24H24ClN3O4. The van der Waals surface area contributed by atoms with E-state index in [1.54, 1.807) is 36.4 Å². The van der Waals surface area contributed by atoms with Crippen LogP contribution in [0.15, 0.2) is 53.2 Å². The Morgan fingerprint density at radius 1 is 1.12 bits per heavy atom. The minimum absolute atomic E-state index is 0.00755. The topological polar surface area (TPSA) is 87.7 Å². The minimum atomic E-state index is -0.571. The number of ether oxygens (including phenoxy) is 1. The van der Waals surface area contributed by atoms with Gasteiger partial charge < -0.3 is 15.4 Å². The molecule has 0 aliphatic carbocycles. The maximum atomic E-state index is 13.0. The summed E-state index contributed by atoms with van der Waals surface area (Å²) >= 11 is 6.22. The summed E-state index contributed by atoms with van der Waals surface area (Å²) in [6.07, 6.45) is 2.03. The van der Waals surface area contributed by atoms with E-state index in [1.807, 2.05) is 19.9 Å². The number of anilines is 2. The van der Waals surface area contributed by atoms with Crippen LogP contribution in [-0.4, -0.2) is 37.0 Å². The number of imide groups is 1. The van der Waals surface area contributed by atoms with Crippen molar-refractivity contribution < 1.29 is 19.1 Å². The molecule has 2 heterocycles. The van der Waals surface area contributed by atoms with E-state index in [0.29, 0.717) is 23.5 Å². The zero-order chi connectivity index (χ0) is 22.8. The van der Waals surface area contributed by atoms with E-state index >= 15 is 0 Å². The summed E-state index contributed by atoms with van der Waals surface area (Å²) < 4.78 is 5.51. The first kappa shape index (κ1) is 22.0. The van der Waals surface area contributed by atoms with E-state index in [4.69, 9.17) is 16.3 Å². The van der Waals surface area contributed by atoms with Gasteiger partial charge in [-0.1, -0.05) is 23.7 Å². The second kappa shape index (κ2) is 9.14. The van der Waals surface area contributed by atoms with Crippen LogP contribution >= 0.6 is 11.6 Å². The number of carbonyl (C=O) groups excluding carboxylic acids is 3. The lowest BCUT2D eigenvalue weighted by molar-refractivity contribution is -0.120. The van der Waals surface area contributed by atoms with Crippen molar-refractivity contribution in [3.8, 4) is 0 Å². The Morgan fingerprint density at radius 2 is 1.88 bits per heavy atom. The number of hydrogen-bond acceptors (Lipinski definition) is 5. The molecule has 166 valence electrons. The number of hydrogen-bond donors (Lipinski definition) is 2. The summed E-state index contributed by atoms with van der Waals surface area (Å²) in [4.78, 5) is 39.1. The van der Waals surface area contributed by atoms with Crippen molar-refractivity contribution in [3.63, 3.8) is 0 Å². The first-order chi connectivity index (χ1) is 15.4. The van der Waals surface area contributed by atoms with Gasteiger partial charge in [-0.2, -0.15) is 0 Å². The van der Waals surface area contributed by atoms with Crippen LogP contribution in [0.5, 0.6) is 0 Å². The largest absolute Gasteiger partial charge is 0.376 e. The molecule has 1 atom stereocenters. The highest BCUT2D eigenvalue weighted by Gasteiger charge is 2.39. The number of aryl methyl sites for hydroxylation is 1. The predicted molar refractivity (Wildman–Crippen MR) is 123 cm³/mol. The summed E-state index contributed by atoms with van der Waals surface area (Å²) in [5, 5.41) is 5.63. The Labute approximate surface area is 191 Å². The highest BCUT2D eigenvalue weighted by atomic mass is 35.5. The second-order valence-corrected chi connectivity index (χ2v) is 8.28. The average molecular weight is 454 g/mol. The Bertz CT molecular complexity index is 1100. The Morgan fingerprint density at radius 3 is 2.56 bits per heavy atom. The van der Waals surface area contributed by atoms with E-state index in [0.717, 1.165) is 35.5 Å². The van der Waals surface area contributed by atoms with Crippen LogP contribution < -0.4 is 15.5 Å². The molecule has 0 spiro atoms. The van der Waals surface area contributed by atoms with Gasteiger partial charge in [-0.05, 0) is 68.1 Å². The number of nitrogens with zero attached hydrogens (tertiary/aromatic N) is 1. The summed E-state index contributed by atoms with van der Waals surface area (Å²) in [5.74, 6) is -1.29. The van der Waals surface area contributed by atoms with Crippen molar-refractivity contribution in [2.24, 2.45) is 0 Å². The van der Waals surface area contributed by atoms with Gasteiger partial charge in [0, 0.05) is 24.4 Å². The summed E-state index contributed by atoms with van der Waals surface area (Å²) in [6, 6.07) is 12.0. The monoisotopic (exact) mass is 453 g/mol. The number of nitrogens with one attached hydrogen (secondary N) is 2. The van der Waals surface area contributed by atoms with Crippen molar-refractivity contribution in [2.75, 3.05) is 23.4 Å². The molecule has 2 aliphatic heterocycles. The lowest BCUT2D eigenvalue weighted by Crippen LogP contribution is -2.33. The van der Waals surface area contributed by atoms with Crippen LogP contribution in [0, 0.1) is 13.8 Å². The standard InChI is InChI=1S/C24H24ClN3O4/c1-14-5-3-7-19(15(14)2)28-23(30)20(25)21(24(28)31)27-17-10-8-16(9-11-17)22(29)26-13-18-6-4-12-32-18/h3,5,7-11,18,27H,4,6,12-13H2,1-2H3,(H,26,29). The van der Waals surface area contributed by atoms with Gasteiger partial charge in [0.2, 0.25) is 0 Å². The van der Waals surface area contributed by atoms with Gasteiger partial charge in [-0.15, -0.1) is 0 Å².